The van der Waals surface area contributed by atoms with Crippen LogP contribution in [0.4, 0.5) is 0 Å². The highest BCUT2D eigenvalue weighted by atomic mass is 32.1. The standard InChI is InChI=1S/C22H22N2O6S/c25-12-17-18(26)19(27)21(30-17)24-11-14(20(31)23-22(24)28)9-13-5-4-8-16(10-13)29-15-6-2-1-3-7-15/h1-8,10-11,17-19,21,25-27H,9,12H2,(H,23,28,31)/t17-,18-,19-,21-/m1/s1. The van der Waals surface area contributed by atoms with Crippen LogP contribution in [0.2, 0.25) is 0 Å². The summed E-state index contributed by atoms with van der Waals surface area (Å²) in [6.07, 6.45) is -2.89. The van der Waals surface area contributed by atoms with Gasteiger partial charge in [0.1, 0.15) is 34.5 Å². The van der Waals surface area contributed by atoms with Crippen molar-refractivity contribution in [1.29, 1.82) is 0 Å². The number of aromatic amines is 1. The van der Waals surface area contributed by atoms with Gasteiger partial charge < -0.3 is 24.8 Å². The van der Waals surface area contributed by atoms with Crippen LogP contribution in [-0.2, 0) is 11.2 Å². The van der Waals surface area contributed by atoms with Crippen molar-refractivity contribution in [1.82, 2.24) is 9.55 Å². The number of nitrogens with zero attached hydrogens (tertiary/aromatic N) is 1. The minimum Gasteiger partial charge on any atom is -0.457 e. The molecule has 1 aliphatic rings. The molecule has 1 saturated heterocycles. The van der Waals surface area contributed by atoms with Crippen LogP contribution in [-0.4, -0.2) is 49.8 Å². The zero-order valence-electron chi connectivity index (χ0n) is 16.4. The SMILES string of the molecule is O=c1[nH]c(=S)c(Cc2cccc(Oc3ccccc3)c2)cn1[C@@H]1O[C@H](CO)[C@@H](O)[C@H]1O. The maximum atomic E-state index is 12.4. The maximum Gasteiger partial charge on any atom is 0.328 e. The van der Waals surface area contributed by atoms with Gasteiger partial charge in [0.15, 0.2) is 6.23 Å². The number of aromatic nitrogens is 2. The number of aliphatic hydroxyl groups is 3. The predicted molar refractivity (Wildman–Crippen MR) is 115 cm³/mol. The first-order chi connectivity index (χ1) is 15.0. The Bertz CT molecular complexity index is 1160. The van der Waals surface area contributed by atoms with Crippen molar-refractivity contribution in [2.75, 3.05) is 6.61 Å². The molecular formula is C22H22N2O6S. The number of benzene rings is 2. The van der Waals surface area contributed by atoms with Gasteiger partial charge in [0.25, 0.3) is 0 Å². The van der Waals surface area contributed by atoms with E-state index < -0.39 is 36.8 Å². The van der Waals surface area contributed by atoms with Crippen molar-refractivity contribution in [3.8, 4) is 11.5 Å². The van der Waals surface area contributed by atoms with Crippen molar-refractivity contribution < 1.29 is 24.8 Å². The third kappa shape index (κ3) is 4.60. The lowest BCUT2D eigenvalue weighted by atomic mass is 10.1. The van der Waals surface area contributed by atoms with E-state index in [1.165, 1.54) is 6.20 Å². The third-order valence-electron chi connectivity index (χ3n) is 5.10. The Morgan fingerprint density at radius 1 is 1.06 bits per heavy atom. The van der Waals surface area contributed by atoms with Crippen LogP contribution in [0.1, 0.15) is 17.4 Å². The van der Waals surface area contributed by atoms with Crippen LogP contribution in [0.15, 0.2) is 65.6 Å². The highest BCUT2D eigenvalue weighted by molar-refractivity contribution is 7.71. The second-order valence-electron chi connectivity index (χ2n) is 7.29. The lowest BCUT2D eigenvalue weighted by Crippen LogP contribution is -2.36. The largest absolute Gasteiger partial charge is 0.457 e. The Morgan fingerprint density at radius 2 is 1.81 bits per heavy atom. The first-order valence-corrected chi connectivity index (χ1v) is 10.2. The Balaban J connectivity index is 1.60. The monoisotopic (exact) mass is 442 g/mol. The molecule has 0 saturated carbocycles. The second kappa shape index (κ2) is 9.13. The Morgan fingerprint density at radius 3 is 2.52 bits per heavy atom. The molecule has 0 aliphatic carbocycles. The molecule has 0 unspecified atom stereocenters. The van der Waals surface area contributed by atoms with E-state index in [-0.39, 0.29) is 4.64 Å². The number of hydrogen-bond acceptors (Lipinski definition) is 7. The summed E-state index contributed by atoms with van der Waals surface area (Å²) in [5.41, 5.74) is 0.952. The second-order valence-corrected chi connectivity index (χ2v) is 7.70. The van der Waals surface area contributed by atoms with Gasteiger partial charge in [-0.15, -0.1) is 0 Å². The van der Waals surface area contributed by atoms with Crippen molar-refractivity contribution in [2.45, 2.75) is 31.0 Å². The number of H-pyrrole nitrogens is 1. The Hall–Kier alpha value is -2.82. The highest BCUT2D eigenvalue weighted by Crippen LogP contribution is 2.29. The number of nitrogens with one attached hydrogen (secondary N) is 1. The molecule has 0 radical (unpaired) electrons. The first-order valence-electron chi connectivity index (χ1n) is 9.75. The topological polar surface area (TPSA) is 117 Å². The molecule has 9 heteroatoms. The van der Waals surface area contributed by atoms with Crippen molar-refractivity contribution >= 4 is 12.2 Å². The van der Waals surface area contributed by atoms with E-state index in [1.807, 2.05) is 54.6 Å². The van der Waals surface area contributed by atoms with Crippen LogP contribution in [0.3, 0.4) is 0 Å². The Kier molecular flexibility index (Phi) is 6.30. The van der Waals surface area contributed by atoms with Gasteiger partial charge >= 0.3 is 5.69 Å². The molecule has 2 aromatic carbocycles. The van der Waals surface area contributed by atoms with Gasteiger partial charge in [0.05, 0.1) is 6.61 Å². The highest BCUT2D eigenvalue weighted by Gasteiger charge is 2.43. The van der Waals surface area contributed by atoms with Gasteiger partial charge in [0, 0.05) is 18.2 Å². The summed E-state index contributed by atoms with van der Waals surface area (Å²) in [7, 11) is 0. The lowest BCUT2D eigenvalue weighted by molar-refractivity contribution is -0.0551. The summed E-state index contributed by atoms with van der Waals surface area (Å²) in [6, 6.07) is 16.9. The average molecular weight is 442 g/mol. The van der Waals surface area contributed by atoms with E-state index in [0.29, 0.717) is 17.7 Å². The fourth-order valence-electron chi connectivity index (χ4n) is 3.52. The van der Waals surface area contributed by atoms with E-state index in [9.17, 15) is 20.1 Å². The van der Waals surface area contributed by atoms with E-state index in [2.05, 4.69) is 4.98 Å². The van der Waals surface area contributed by atoms with Gasteiger partial charge in [-0.3, -0.25) is 9.55 Å². The summed E-state index contributed by atoms with van der Waals surface area (Å²) in [5.74, 6) is 1.38. The van der Waals surface area contributed by atoms with Gasteiger partial charge in [-0.05, 0) is 29.8 Å². The number of aliphatic hydroxyl groups excluding tert-OH is 3. The third-order valence-corrected chi connectivity index (χ3v) is 5.47. The van der Waals surface area contributed by atoms with E-state index in [1.54, 1.807) is 0 Å². The molecule has 0 spiro atoms. The summed E-state index contributed by atoms with van der Waals surface area (Å²) in [6.45, 7) is -0.479. The maximum absolute atomic E-state index is 12.4. The average Bonchev–Trinajstić information content (AvgIpc) is 3.05. The number of ether oxygens (including phenoxy) is 2. The van der Waals surface area contributed by atoms with E-state index in [4.69, 9.17) is 21.7 Å². The van der Waals surface area contributed by atoms with Crippen LogP contribution >= 0.6 is 12.2 Å². The zero-order valence-corrected chi connectivity index (χ0v) is 17.2. The molecule has 8 nitrogen and oxygen atoms in total. The molecule has 4 atom stereocenters. The molecular weight excluding hydrogens is 420 g/mol. The van der Waals surface area contributed by atoms with E-state index >= 15 is 0 Å². The minimum absolute atomic E-state index is 0.266. The molecule has 1 aliphatic heterocycles. The van der Waals surface area contributed by atoms with E-state index in [0.717, 1.165) is 15.9 Å². The first kappa shape index (κ1) is 21.4. The van der Waals surface area contributed by atoms with Gasteiger partial charge in [-0.2, -0.15) is 0 Å². The summed E-state index contributed by atoms with van der Waals surface area (Å²) < 4.78 is 12.8. The fraction of sp³-hybridized carbons (Fsp3) is 0.273. The molecule has 1 fully saturated rings. The van der Waals surface area contributed by atoms with Crippen molar-refractivity contribution in [3.63, 3.8) is 0 Å². The lowest BCUT2D eigenvalue weighted by Gasteiger charge is -2.18. The molecule has 0 amide bonds. The summed E-state index contributed by atoms with van der Waals surface area (Å²) in [4.78, 5) is 15.0. The molecule has 31 heavy (non-hydrogen) atoms. The fourth-order valence-corrected chi connectivity index (χ4v) is 3.73. The van der Waals surface area contributed by atoms with Gasteiger partial charge in [-0.25, -0.2) is 4.79 Å². The quantitative estimate of drug-likeness (QED) is 0.431. The van der Waals surface area contributed by atoms with Crippen molar-refractivity contribution in [2.24, 2.45) is 0 Å². The van der Waals surface area contributed by atoms with Gasteiger partial charge in [0.2, 0.25) is 0 Å². The Labute approximate surface area is 183 Å². The number of rotatable bonds is 6. The summed E-state index contributed by atoms with van der Waals surface area (Å²) in [5, 5.41) is 29.6. The molecule has 4 N–H and O–H groups in total. The number of hydrogen-bond donors (Lipinski definition) is 4. The smallest absolute Gasteiger partial charge is 0.328 e. The number of para-hydroxylation sites is 1. The molecule has 0 bridgehead atoms. The molecule has 3 aromatic rings. The predicted octanol–water partition coefficient (Wildman–Crippen LogP) is 1.90. The molecule has 2 heterocycles. The molecule has 4 rings (SSSR count). The van der Waals surface area contributed by atoms with Crippen LogP contribution < -0.4 is 10.4 Å². The molecule has 1 aromatic heterocycles. The normalized spacial score (nSPS) is 23.1. The minimum atomic E-state index is -1.37. The van der Waals surface area contributed by atoms with Crippen LogP contribution in [0.25, 0.3) is 0 Å². The zero-order chi connectivity index (χ0) is 22.0. The van der Waals surface area contributed by atoms with Crippen LogP contribution in [0, 0.1) is 4.64 Å². The summed E-state index contributed by atoms with van der Waals surface area (Å²) >= 11 is 5.32. The van der Waals surface area contributed by atoms with Crippen molar-refractivity contribution in [3.05, 3.63) is 87.0 Å². The molecule has 162 valence electrons. The van der Waals surface area contributed by atoms with Crippen LogP contribution in [0.5, 0.6) is 11.5 Å². The van der Waals surface area contributed by atoms with Gasteiger partial charge in [-0.1, -0.05) is 42.5 Å².